The molecule has 0 atom stereocenters. The number of benzene rings is 2. The number of rotatable bonds is 6. The van der Waals surface area contributed by atoms with Crippen molar-refractivity contribution in [2.45, 2.75) is 32.1 Å². The van der Waals surface area contributed by atoms with Crippen LogP contribution in [0.4, 0.5) is 5.69 Å². The summed E-state index contributed by atoms with van der Waals surface area (Å²) in [6.07, 6.45) is 4.49. The van der Waals surface area contributed by atoms with Gasteiger partial charge in [0, 0.05) is 12.1 Å². The van der Waals surface area contributed by atoms with E-state index in [1.54, 1.807) is 14.2 Å². The fraction of sp³-hybridized carbons (Fsp3) is 0.350. The summed E-state index contributed by atoms with van der Waals surface area (Å²) in [6.45, 7) is 0. The Labute approximate surface area is 142 Å². The molecule has 24 heavy (non-hydrogen) atoms. The molecule has 0 saturated heterocycles. The van der Waals surface area contributed by atoms with Crippen LogP contribution in [-0.4, -0.2) is 20.1 Å². The van der Waals surface area contributed by atoms with Gasteiger partial charge in [-0.3, -0.25) is 4.79 Å². The van der Waals surface area contributed by atoms with Crippen LogP contribution in [0.3, 0.4) is 0 Å². The molecule has 0 radical (unpaired) electrons. The van der Waals surface area contributed by atoms with Gasteiger partial charge in [-0.05, 0) is 60.6 Å². The van der Waals surface area contributed by atoms with Crippen LogP contribution in [0.25, 0.3) is 0 Å². The van der Waals surface area contributed by atoms with E-state index in [1.165, 1.54) is 17.5 Å². The topological polar surface area (TPSA) is 47.6 Å². The van der Waals surface area contributed by atoms with Crippen LogP contribution in [-0.2, 0) is 24.1 Å². The largest absolute Gasteiger partial charge is 0.493 e. The monoisotopic (exact) mass is 325 g/mol. The lowest BCUT2D eigenvalue weighted by atomic mass is 10.1. The van der Waals surface area contributed by atoms with E-state index in [-0.39, 0.29) is 5.91 Å². The molecule has 0 fully saturated rings. The summed E-state index contributed by atoms with van der Waals surface area (Å²) in [6, 6.07) is 12.0. The maximum Gasteiger partial charge on any atom is 0.224 e. The highest BCUT2D eigenvalue weighted by Gasteiger charge is 2.13. The van der Waals surface area contributed by atoms with Crippen LogP contribution in [0.15, 0.2) is 36.4 Å². The predicted molar refractivity (Wildman–Crippen MR) is 95.0 cm³/mol. The molecular weight excluding hydrogens is 302 g/mol. The zero-order chi connectivity index (χ0) is 16.9. The molecule has 0 saturated carbocycles. The van der Waals surface area contributed by atoms with E-state index in [9.17, 15) is 4.79 Å². The first-order valence-electron chi connectivity index (χ1n) is 8.33. The van der Waals surface area contributed by atoms with Gasteiger partial charge < -0.3 is 14.8 Å². The Morgan fingerprint density at radius 1 is 1.08 bits per heavy atom. The lowest BCUT2D eigenvalue weighted by Crippen LogP contribution is -2.13. The van der Waals surface area contributed by atoms with Crippen LogP contribution >= 0.6 is 0 Å². The molecule has 0 spiro atoms. The number of hydrogen-bond donors (Lipinski definition) is 1. The lowest BCUT2D eigenvalue weighted by Gasteiger charge is -2.12. The molecule has 1 N–H and O–H groups in total. The number of para-hydroxylation sites is 1. The van der Waals surface area contributed by atoms with Crippen molar-refractivity contribution >= 4 is 11.6 Å². The third-order valence-electron chi connectivity index (χ3n) is 4.49. The van der Waals surface area contributed by atoms with Crippen molar-refractivity contribution in [1.82, 2.24) is 0 Å². The molecule has 2 aromatic rings. The normalized spacial score (nSPS) is 12.6. The number of fused-ring (bicyclic) bond motifs is 1. The van der Waals surface area contributed by atoms with Crippen molar-refractivity contribution in [2.75, 3.05) is 19.5 Å². The first-order chi connectivity index (χ1) is 11.7. The van der Waals surface area contributed by atoms with E-state index in [2.05, 4.69) is 17.4 Å². The molecule has 0 heterocycles. The Balaban J connectivity index is 1.62. The van der Waals surface area contributed by atoms with E-state index in [4.69, 9.17) is 9.47 Å². The van der Waals surface area contributed by atoms with Crippen molar-refractivity contribution in [3.63, 3.8) is 0 Å². The second-order valence-corrected chi connectivity index (χ2v) is 6.04. The van der Waals surface area contributed by atoms with Gasteiger partial charge in [-0.1, -0.05) is 18.2 Å². The van der Waals surface area contributed by atoms with E-state index in [0.717, 1.165) is 24.1 Å². The van der Waals surface area contributed by atoms with Crippen molar-refractivity contribution < 1.29 is 14.3 Å². The molecular formula is C20H23NO3. The van der Waals surface area contributed by atoms with Gasteiger partial charge in [0.1, 0.15) is 0 Å². The van der Waals surface area contributed by atoms with Gasteiger partial charge in [-0.15, -0.1) is 0 Å². The number of ether oxygens (including phenoxy) is 2. The Morgan fingerprint density at radius 2 is 1.92 bits per heavy atom. The van der Waals surface area contributed by atoms with Crippen LogP contribution in [0, 0.1) is 0 Å². The quantitative estimate of drug-likeness (QED) is 0.879. The molecule has 3 rings (SSSR count). The molecule has 0 aliphatic heterocycles. The zero-order valence-electron chi connectivity index (χ0n) is 14.2. The Morgan fingerprint density at radius 3 is 2.71 bits per heavy atom. The van der Waals surface area contributed by atoms with Gasteiger partial charge in [0.05, 0.1) is 14.2 Å². The summed E-state index contributed by atoms with van der Waals surface area (Å²) in [5.74, 6) is 1.40. The average Bonchev–Trinajstić information content (AvgIpc) is 3.07. The second kappa shape index (κ2) is 7.39. The third-order valence-corrected chi connectivity index (χ3v) is 4.49. The SMILES string of the molecule is COc1cccc(CCC(=O)Nc2ccc3c(c2)CCC3)c1OC. The molecule has 0 unspecified atom stereocenters. The number of amides is 1. The van der Waals surface area contributed by atoms with Crippen molar-refractivity contribution in [2.24, 2.45) is 0 Å². The lowest BCUT2D eigenvalue weighted by molar-refractivity contribution is -0.116. The van der Waals surface area contributed by atoms with Gasteiger partial charge in [0.15, 0.2) is 11.5 Å². The molecule has 1 aliphatic carbocycles. The highest BCUT2D eigenvalue weighted by Crippen LogP contribution is 2.31. The van der Waals surface area contributed by atoms with E-state index in [0.29, 0.717) is 24.3 Å². The summed E-state index contributed by atoms with van der Waals surface area (Å²) in [5, 5.41) is 3.00. The summed E-state index contributed by atoms with van der Waals surface area (Å²) in [4.78, 5) is 12.3. The highest BCUT2D eigenvalue weighted by atomic mass is 16.5. The van der Waals surface area contributed by atoms with Crippen LogP contribution < -0.4 is 14.8 Å². The molecule has 0 aromatic heterocycles. The molecule has 2 aromatic carbocycles. The number of nitrogens with one attached hydrogen (secondary N) is 1. The summed E-state index contributed by atoms with van der Waals surface area (Å²) >= 11 is 0. The maximum absolute atomic E-state index is 12.3. The third kappa shape index (κ3) is 3.53. The Bertz CT molecular complexity index is 740. The molecule has 4 heteroatoms. The average molecular weight is 325 g/mol. The number of hydrogen-bond acceptors (Lipinski definition) is 3. The van der Waals surface area contributed by atoms with Gasteiger partial charge in [0.25, 0.3) is 0 Å². The number of carbonyl (C=O) groups is 1. The van der Waals surface area contributed by atoms with Gasteiger partial charge in [0.2, 0.25) is 5.91 Å². The number of methoxy groups -OCH3 is 2. The fourth-order valence-electron chi connectivity index (χ4n) is 3.27. The zero-order valence-corrected chi connectivity index (χ0v) is 14.2. The fourth-order valence-corrected chi connectivity index (χ4v) is 3.27. The highest BCUT2D eigenvalue weighted by molar-refractivity contribution is 5.91. The molecule has 1 aliphatic rings. The summed E-state index contributed by atoms with van der Waals surface area (Å²) < 4.78 is 10.7. The minimum atomic E-state index is 0.0119. The molecule has 126 valence electrons. The van der Waals surface area contributed by atoms with Crippen LogP contribution in [0.5, 0.6) is 11.5 Å². The van der Waals surface area contributed by atoms with Gasteiger partial charge in [-0.25, -0.2) is 0 Å². The van der Waals surface area contributed by atoms with Gasteiger partial charge >= 0.3 is 0 Å². The minimum Gasteiger partial charge on any atom is -0.493 e. The van der Waals surface area contributed by atoms with E-state index >= 15 is 0 Å². The smallest absolute Gasteiger partial charge is 0.224 e. The number of carbonyl (C=O) groups excluding carboxylic acids is 1. The maximum atomic E-state index is 12.3. The van der Waals surface area contributed by atoms with Crippen molar-refractivity contribution in [3.8, 4) is 11.5 Å². The number of anilines is 1. The molecule has 1 amide bonds. The summed E-state index contributed by atoms with van der Waals surface area (Å²) in [5.41, 5.74) is 4.63. The van der Waals surface area contributed by atoms with Crippen molar-refractivity contribution in [1.29, 1.82) is 0 Å². The van der Waals surface area contributed by atoms with E-state index in [1.807, 2.05) is 24.3 Å². The minimum absolute atomic E-state index is 0.0119. The van der Waals surface area contributed by atoms with E-state index < -0.39 is 0 Å². The van der Waals surface area contributed by atoms with Crippen LogP contribution in [0.1, 0.15) is 29.5 Å². The first-order valence-corrected chi connectivity index (χ1v) is 8.33. The van der Waals surface area contributed by atoms with Crippen molar-refractivity contribution in [3.05, 3.63) is 53.1 Å². The predicted octanol–water partition coefficient (Wildman–Crippen LogP) is 3.76. The van der Waals surface area contributed by atoms with Crippen LogP contribution in [0.2, 0.25) is 0 Å². The Kier molecular flexibility index (Phi) is 5.04. The first kappa shape index (κ1) is 16.4. The number of aryl methyl sites for hydroxylation is 3. The Hall–Kier alpha value is -2.49. The standard InChI is InChI=1S/C20H23NO3/c1-23-18-8-4-6-15(20(18)24-2)10-12-19(22)21-17-11-9-14-5-3-7-16(14)13-17/h4,6,8-9,11,13H,3,5,7,10,12H2,1-2H3,(H,21,22). The van der Waals surface area contributed by atoms with Gasteiger partial charge in [-0.2, -0.15) is 0 Å². The molecule has 0 bridgehead atoms. The summed E-state index contributed by atoms with van der Waals surface area (Å²) in [7, 11) is 3.23. The second-order valence-electron chi connectivity index (χ2n) is 6.04. The molecule has 4 nitrogen and oxygen atoms in total.